The smallest absolute Gasteiger partial charge is 0.132 e. The fourth-order valence-corrected chi connectivity index (χ4v) is 2.74. The number of aliphatic imine (C=N–C) groups is 1. The van der Waals surface area contributed by atoms with Crippen molar-refractivity contribution in [2.24, 2.45) is 4.99 Å². The third-order valence-corrected chi connectivity index (χ3v) is 3.87. The van der Waals surface area contributed by atoms with Crippen molar-refractivity contribution in [3.63, 3.8) is 0 Å². The molecule has 3 rings (SSSR count). The van der Waals surface area contributed by atoms with Crippen LogP contribution in [0.4, 0.5) is 0 Å². The summed E-state index contributed by atoms with van der Waals surface area (Å²) in [7, 11) is 1.67. The molecule has 1 aliphatic heterocycles. The van der Waals surface area contributed by atoms with Gasteiger partial charge in [0.2, 0.25) is 0 Å². The number of benzene rings is 2. The molecule has 2 aromatic carbocycles. The summed E-state index contributed by atoms with van der Waals surface area (Å²) in [6.45, 7) is 2.78. The first-order valence-electron chi connectivity index (χ1n) is 6.91. The summed E-state index contributed by atoms with van der Waals surface area (Å²) in [5.74, 6) is 1.75. The van der Waals surface area contributed by atoms with Gasteiger partial charge in [0.25, 0.3) is 0 Å². The summed E-state index contributed by atoms with van der Waals surface area (Å²) in [4.78, 5) is 4.51. The minimum Gasteiger partial charge on any atom is -0.490 e. The van der Waals surface area contributed by atoms with Crippen molar-refractivity contribution < 1.29 is 9.47 Å². The Balaban J connectivity index is 2.04. The minimum atomic E-state index is 0.527. The van der Waals surface area contributed by atoms with Crippen molar-refractivity contribution in [1.82, 2.24) is 5.32 Å². The highest BCUT2D eigenvalue weighted by molar-refractivity contribution is 9.10. The van der Waals surface area contributed by atoms with Gasteiger partial charge in [-0.2, -0.15) is 0 Å². The number of nitrogens with one attached hydrogen (secondary N) is 1. The second-order valence-electron chi connectivity index (χ2n) is 4.84. The van der Waals surface area contributed by atoms with E-state index < -0.39 is 0 Å². The average Bonchev–Trinajstić information content (AvgIpc) is 3.01. The van der Waals surface area contributed by atoms with Crippen LogP contribution < -0.4 is 10.1 Å². The summed E-state index contributed by atoms with van der Waals surface area (Å²) in [5, 5.41) is 5.62. The lowest BCUT2D eigenvalue weighted by Crippen LogP contribution is -2.20. The number of methoxy groups -OCH3 is 1. The molecule has 0 saturated heterocycles. The summed E-state index contributed by atoms with van der Waals surface area (Å²) in [6.07, 6.45) is 0. The molecule has 0 fully saturated rings. The molecule has 4 nitrogen and oxygen atoms in total. The molecule has 2 aromatic rings. The van der Waals surface area contributed by atoms with E-state index in [1.807, 2.05) is 6.07 Å². The van der Waals surface area contributed by atoms with Gasteiger partial charge in [-0.05, 0) is 35.0 Å². The normalized spacial score (nSPS) is 14.1. The molecule has 0 bridgehead atoms. The first-order chi connectivity index (χ1) is 10.3. The summed E-state index contributed by atoms with van der Waals surface area (Å²) in [5.41, 5.74) is 1.01. The van der Waals surface area contributed by atoms with Crippen LogP contribution in [-0.4, -0.2) is 39.2 Å². The van der Waals surface area contributed by atoms with Gasteiger partial charge in [-0.1, -0.05) is 22.0 Å². The highest BCUT2D eigenvalue weighted by atomic mass is 79.9. The number of nitrogens with zero attached hydrogens (tertiary/aromatic N) is 1. The van der Waals surface area contributed by atoms with E-state index >= 15 is 0 Å². The molecule has 1 aliphatic rings. The lowest BCUT2D eigenvalue weighted by Gasteiger charge is -2.13. The molecule has 0 amide bonds. The number of amidine groups is 1. The Bertz CT molecular complexity index is 685. The fraction of sp³-hybridized carbons (Fsp3) is 0.312. The molecule has 5 heteroatoms. The predicted octanol–water partition coefficient (Wildman–Crippen LogP) is 2.98. The Labute approximate surface area is 132 Å². The van der Waals surface area contributed by atoms with Crippen LogP contribution in [0.25, 0.3) is 10.8 Å². The summed E-state index contributed by atoms with van der Waals surface area (Å²) in [6, 6.07) is 10.4. The average molecular weight is 349 g/mol. The van der Waals surface area contributed by atoms with E-state index in [4.69, 9.17) is 9.47 Å². The molecule has 21 heavy (non-hydrogen) atoms. The first-order valence-corrected chi connectivity index (χ1v) is 7.71. The topological polar surface area (TPSA) is 42.9 Å². The Morgan fingerprint density at radius 1 is 1.19 bits per heavy atom. The summed E-state index contributed by atoms with van der Waals surface area (Å²) >= 11 is 3.52. The van der Waals surface area contributed by atoms with Gasteiger partial charge in [0, 0.05) is 18.1 Å². The second kappa shape index (κ2) is 6.45. The van der Waals surface area contributed by atoms with Crippen LogP contribution in [0.5, 0.6) is 5.75 Å². The van der Waals surface area contributed by atoms with E-state index in [1.165, 1.54) is 0 Å². The lowest BCUT2D eigenvalue weighted by atomic mass is 10.1. The SMILES string of the molecule is COCCOc1cc2ccc(Br)cc2cc1C1=NCCN1. The van der Waals surface area contributed by atoms with Gasteiger partial charge < -0.3 is 14.8 Å². The first kappa shape index (κ1) is 14.4. The van der Waals surface area contributed by atoms with Crippen LogP contribution >= 0.6 is 15.9 Å². The Morgan fingerprint density at radius 3 is 2.86 bits per heavy atom. The van der Waals surface area contributed by atoms with Gasteiger partial charge in [-0.3, -0.25) is 4.99 Å². The van der Waals surface area contributed by atoms with Crippen LogP contribution in [0.15, 0.2) is 39.8 Å². The maximum atomic E-state index is 5.87. The maximum absolute atomic E-state index is 5.87. The third-order valence-electron chi connectivity index (χ3n) is 3.38. The van der Waals surface area contributed by atoms with Crippen molar-refractivity contribution >= 4 is 32.5 Å². The molecular formula is C16H17BrN2O2. The molecular weight excluding hydrogens is 332 g/mol. The number of rotatable bonds is 5. The van der Waals surface area contributed by atoms with Gasteiger partial charge in [-0.25, -0.2) is 0 Å². The van der Waals surface area contributed by atoms with Gasteiger partial charge in [0.05, 0.1) is 18.7 Å². The zero-order chi connectivity index (χ0) is 14.7. The van der Waals surface area contributed by atoms with Crippen molar-refractivity contribution in [1.29, 1.82) is 0 Å². The number of hydrogen-bond acceptors (Lipinski definition) is 4. The minimum absolute atomic E-state index is 0.527. The number of halogens is 1. The van der Waals surface area contributed by atoms with Crippen LogP contribution in [0.3, 0.4) is 0 Å². The van der Waals surface area contributed by atoms with Gasteiger partial charge in [0.1, 0.15) is 18.2 Å². The zero-order valence-corrected chi connectivity index (χ0v) is 13.4. The molecule has 0 saturated carbocycles. The number of hydrogen-bond donors (Lipinski definition) is 1. The molecule has 1 N–H and O–H groups in total. The molecule has 0 atom stereocenters. The van der Waals surface area contributed by atoms with Gasteiger partial charge in [0.15, 0.2) is 0 Å². The van der Waals surface area contributed by atoms with Crippen LogP contribution in [-0.2, 0) is 4.74 Å². The van der Waals surface area contributed by atoms with E-state index in [1.54, 1.807) is 7.11 Å². The van der Waals surface area contributed by atoms with Crippen molar-refractivity contribution in [2.45, 2.75) is 0 Å². The van der Waals surface area contributed by atoms with Crippen LogP contribution in [0, 0.1) is 0 Å². The largest absolute Gasteiger partial charge is 0.490 e. The molecule has 0 aliphatic carbocycles. The van der Waals surface area contributed by atoms with Gasteiger partial charge in [-0.15, -0.1) is 0 Å². The molecule has 1 heterocycles. The van der Waals surface area contributed by atoms with Crippen LogP contribution in [0.1, 0.15) is 5.56 Å². The molecule has 0 aromatic heterocycles. The number of fused-ring (bicyclic) bond motifs is 1. The third kappa shape index (κ3) is 3.19. The number of ether oxygens (including phenoxy) is 2. The van der Waals surface area contributed by atoms with Crippen molar-refractivity contribution in [3.8, 4) is 5.75 Å². The molecule has 0 spiro atoms. The van der Waals surface area contributed by atoms with E-state index in [0.29, 0.717) is 13.2 Å². The monoisotopic (exact) mass is 348 g/mol. The highest BCUT2D eigenvalue weighted by Crippen LogP contribution is 2.29. The Kier molecular flexibility index (Phi) is 4.41. The standard InChI is InChI=1S/C16H17BrN2O2/c1-20-6-7-21-15-10-11-2-3-13(17)8-12(11)9-14(15)16-18-4-5-19-16/h2-3,8-10H,4-7H2,1H3,(H,18,19). The highest BCUT2D eigenvalue weighted by Gasteiger charge is 2.15. The van der Waals surface area contributed by atoms with E-state index in [-0.39, 0.29) is 0 Å². The summed E-state index contributed by atoms with van der Waals surface area (Å²) < 4.78 is 12.0. The van der Waals surface area contributed by atoms with Crippen molar-refractivity contribution in [2.75, 3.05) is 33.4 Å². The Morgan fingerprint density at radius 2 is 2.10 bits per heavy atom. The zero-order valence-electron chi connectivity index (χ0n) is 11.9. The van der Waals surface area contributed by atoms with Crippen LogP contribution in [0.2, 0.25) is 0 Å². The molecule has 110 valence electrons. The fourth-order valence-electron chi connectivity index (χ4n) is 2.37. The van der Waals surface area contributed by atoms with E-state index in [9.17, 15) is 0 Å². The quantitative estimate of drug-likeness (QED) is 0.844. The predicted molar refractivity (Wildman–Crippen MR) is 88.4 cm³/mol. The van der Waals surface area contributed by atoms with Gasteiger partial charge >= 0.3 is 0 Å². The lowest BCUT2D eigenvalue weighted by molar-refractivity contribution is 0.146. The van der Waals surface area contributed by atoms with E-state index in [0.717, 1.165) is 45.5 Å². The second-order valence-corrected chi connectivity index (χ2v) is 5.75. The van der Waals surface area contributed by atoms with E-state index in [2.05, 4.69) is 50.5 Å². The molecule has 0 unspecified atom stereocenters. The van der Waals surface area contributed by atoms with Crippen molar-refractivity contribution in [3.05, 3.63) is 40.4 Å². The molecule has 0 radical (unpaired) electrons. The Hall–Kier alpha value is -1.59. The maximum Gasteiger partial charge on any atom is 0.132 e.